The molecule has 0 spiro atoms. The maximum Gasteiger partial charge on any atom is 0.329 e. The number of carbonyl (C=O) groups is 2. The highest BCUT2D eigenvalue weighted by Crippen LogP contribution is 2.27. The summed E-state index contributed by atoms with van der Waals surface area (Å²) in [7, 11) is 1.85. The summed E-state index contributed by atoms with van der Waals surface area (Å²) < 4.78 is 1.75. The number of benzene rings is 1. The highest BCUT2D eigenvalue weighted by atomic mass is 16.2. The van der Waals surface area contributed by atoms with Gasteiger partial charge < -0.3 is 0 Å². The fourth-order valence-corrected chi connectivity index (χ4v) is 2.31. The quantitative estimate of drug-likeness (QED) is 0.876. The number of amides is 3. The molecular formula is C17H26N4O2. The van der Waals surface area contributed by atoms with Gasteiger partial charge in [0.15, 0.2) is 5.82 Å². The molecule has 0 atom stereocenters. The lowest BCUT2D eigenvalue weighted by molar-refractivity contribution is -0.120. The Labute approximate surface area is 137 Å². The zero-order valence-corrected chi connectivity index (χ0v) is 14.8. The molecule has 1 aromatic heterocycles. The molecule has 0 saturated carbocycles. The number of anilines is 1. The minimum absolute atomic E-state index is 0.239. The van der Waals surface area contributed by atoms with Crippen LogP contribution in [0.5, 0.6) is 0 Å². The molecule has 126 valence electrons. The summed E-state index contributed by atoms with van der Waals surface area (Å²) in [5.74, 6) is 0.361. The number of rotatable bonds is 1. The first-order chi connectivity index (χ1) is 11.1. The molecule has 0 bridgehead atoms. The number of urea groups is 1. The predicted octanol–water partition coefficient (Wildman–Crippen LogP) is 3.38. The van der Waals surface area contributed by atoms with E-state index in [1.54, 1.807) is 4.68 Å². The van der Waals surface area contributed by atoms with Crippen LogP contribution in [0.1, 0.15) is 39.7 Å². The minimum atomic E-state index is -0.406. The SMILES string of the molecule is CC.CC.Cc1ccc2c(N3CCC(=O)NC3=O)nn(C)c2c1. The third kappa shape index (κ3) is 3.88. The second-order valence-electron chi connectivity index (χ2n) is 4.72. The topological polar surface area (TPSA) is 67.2 Å². The Morgan fingerprint density at radius 1 is 1.13 bits per heavy atom. The lowest BCUT2D eigenvalue weighted by atomic mass is 10.1. The zero-order chi connectivity index (χ0) is 17.6. The molecule has 1 aliphatic heterocycles. The Hall–Kier alpha value is -2.37. The predicted molar refractivity (Wildman–Crippen MR) is 93.6 cm³/mol. The molecule has 1 fully saturated rings. The molecule has 2 heterocycles. The Morgan fingerprint density at radius 2 is 1.78 bits per heavy atom. The van der Waals surface area contributed by atoms with E-state index in [0.29, 0.717) is 18.8 Å². The van der Waals surface area contributed by atoms with Crippen LogP contribution < -0.4 is 10.2 Å². The molecule has 1 aromatic carbocycles. The van der Waals surface area contributed by atoms with Crippen LogP contribution in [0.15, 0.2) is 18.2 Å². The summed E-state index contributed by atoms with van der Waals surface area (Å²) in [6, 6.07) is 5.56. The van der Waals surface area contributed by atoms with Crippen LogP contribution in [0.4, 0.5) is 10.6 Å². The molecule has 1 saturated heterocycles. The first-order valence-corrected chi connectivity index (χ1v) is 8.11. The van der Waals surface area contributed by atoms with Gasteiger partial charge in [-0.15, -0.1) is 0 Å². The summed E-state index contributed by atoms with van der Waals surface area (Å²) in [5.41, 5.74) is 2.11. The lowest BCUT2D eigenvalue weighted by Crippen LogP contribution is -2.49. The maximum atomic E-state index is 11.9. The number of aromatic nitrogens is 2. The Kier molecular flexibility index (Phi) is 6.75. The molecule has 1 N–H and O–H groups in total. The van der Waals surface area contributed by atoms with E-state index in [1.807, 2.05) is 59.9 Å². The first-order valence-electron chi connectivity index (χ1n) is 8.11. The Morgan fingerprint density at radius 3 is 2.39 bits per heavy atom. The Bertz CT molecular complexity index is 691. The van der Waals surface area contributed by atoms with Crippen LogP contribution in [0, 0.1) is 6.92 Å². The van der Waals surface area contributed by atoms with Gasteiger partial charge in [0, 0.05) is 25.4 Å². The summed E-state index contributed by atoms with van der Waals surface area (Å²) in [6.45, 7) is 10.4. The number of fused-ring (bicyclic) bond motifs is 1. The number of carbonyl (C=O) groups excluding carboxylic acids is 2. The summed E-state index contributed by atoms with van der Waals surface area (Å²) in [4.78, 5) is 24.6. The summed E-state index contributed by atoms with van der Waals surface area (Å²) in [6.07, 6.45) is 0.301. The number of imide groups is 1. The van der Waals surface area contributed by atoms with Crippen molar-refractivity contribution in [3.05, 3.63) is 23.8 Å². The van der Waals surface area contributed by atoms with Crippen LogP contribution in [-0.4, -0.2) is 28.3 Å². The van der Waals surface area contributed by atoms with Crippen molar-refractivity contribution in [2.24, 2.45) is 7.05 Å². The van der Waals surface area contributed by atoms with E-state index in [4.69, 9.17) is 0 Å². The van der Waals surface area contributed by atoms with Gasteiger partial charge >= 0.3 is 6.03 Å². The molecule has 3 rings (SSSR count). The number of aryl methyl sites for hydroxylation is 2. The van der Waals surface area contributed by atoms with Crippen LogP contribution >= 0.6 is 0 Å². The van der Waals surface area contributed by atoms with E-state index in [0.717, 1.165) is 16.5 Å². The normalized spacial score (nSPS) is 13.7. The molecule has 0 unspecified atom stereocenters. The molecule has 2 aromatic rings. The largest absolute Gasteiger partial charge is 0.329 e. The number of nitrogens with zero attached hydrogens (tertiary/aromatic N) is 3. The van der Waals surface area contributed by atoms with E-state index < -0.39 is 6.03 Å². The van der Waals surface area contributed by atoms with Gasteiger partial charge in [0.2, 0.25) is 5.91 Å². The van der Waals surface area contributed by atoms with Gasteiger partial charge in [-0.25, -0.2) is 4.79 Å². The highest BCUT2D eigenvalue weighted by Gasteiger charge is 2.27. The molecule has 0 aliphatic carbocycles. The van der Waals surface area contributed by atoms with Crippen molar-refractivity contribution in [2.45, 2.75) is 41.0 Å². The van der Waals surface area contributed by atoms with Crippen molar-refractivity contribution in [1.82, 2.24) is 15.1 Å². The fraction of sp³-hybridized carbons (Fsp3) is 0.471. The van der Waals surface area contributed by atoms with Crippen molar-refractivity contribution < 1.29 is 9.59 Å². The molecular weight excluding hydrogens is 292 g/mol. The molecule has 23 heavy (non-hydrogen) atoms. The van der Waals surface area contributed by atoms with Gasteiger partial charge in [0.1, 0.15) is 0 Å². The van der Waals surface area contributed by atoms with Gasteiger partial charge in [0.25, 0.3) is 0 Å². The smallest absolute Gasteiger partial charge is 0.278 e. The number of nitrogens with one attached hydrogen (secondary N) is 1. The summed E-state index contributed by atoms with van der Waals surface area (Å²) >= 11 is 0. The van der Waals surface area contributed by atoms with E-state index in [-0.39, 0.29) is 5.91 Å². The van der Waals surface area contributed by atoms with E-state index in [9.17, 15) is 9.59 Å². The second kappa shape index (κ2) is 8.31. The standard InChI is InChI=1S/C13H14N4O2.2C2H6/c1-8-3-4-9-10(7-8)16(2)15-12(9)17-6-5-11(18)14-13(17)19;2*1-2/h3-4,7H,5-6H2,1-2H3,(H,14,18,19);2*1-2H3. The van der Waals surface area contributed by atoms with Gasteiger partial charge in [-0.3, -0.25) is 19.7 Å². The molecule has 6 heteroatoms. The third-order valence-electron chi connectivity index (χ3n) is 3.30. The minimum Gasteiger partial charge on any atom is -0.278 e. The Balaban J connectivity index is 0.000000615. The molecule has 1 aliphatic rings. The average Bonchev–Trinajstić information content (AvgIpc) is 2.88. The van der Waals surface area contributed by atoms with Gasteiger partial charge in [-0.1, -0.05) is 33.8 Å². The van der Waals surface area contributed by atoms with Crippen LogP contribution in [0.25, 0.3) is 10.9 Å². The van der Waals surface area contributed by atoms with Crippen molar-refractivity contribution in [1.29, 1.82) is 0 Å². The zero-order valence-electron chi connectivity index (χ0n) is 14.8. The maximum absolute atomic E-state index is 11.9. The fourth-order valence-electron chi connectivity index (χ4n) is 2.31. The lowest BCUT2D eigenvalue weighted by Gasteiger charge is -2.24. The van der Waals surface area contributed by atoms with Crippen LogP contribution in [-0.2, 0) is 11.8 Å². The molecule has 6 nitrogen and oxygen atoms in total. The van der Waals surface area contributed by atoms with Gasteiger partial charge in [-0.2, -0.15) is 5.10 Å². The number of hydrogen-bond donors (Lipinski definition) is 1. The van der Waals surface area contributed by atoms with Gasteiger partial charge in [-0.05, 0) is 24.6 Å². The summed E-state index contributed by atoms with van der Waals surface area (Å²) in [5, 5.41) is 7.63. The molecule has 3 amide bonds. The van der Waals surface area contributed by atoms with Crippen LogP contribution in [0.3, 0.4) is 0 Å². The third-order valence-corrected chi connectivity index (χ3v) is 3.30. The van der Waals surface area contributed by atoms with E-state index in [2.05, 4.69) is 10.4 Å². The van der Waals surface area contributed by atoms with Crippen LogP contribution in [0.2, 0.25) is 0 Å². The second-order valence-corrected chi connectivity index (χ2v) is 4.72. The van der Waals surface area contributed by atoms with E-state index in [1.165, 1.54) is 4.90 Å². The van der Waals surface area contributed by atoms with Crippen molar-refractivity contribution in [2.75, 3.05) is 11.4 Å². The highest BCUT2D eigenvalue weighted by molar-refractivity contribution is 6.08. The van der Waals surface area contributed by atoms with E-state index >= 15 is 0 Å². The van der Waals surface area contributed by atoms with Gasteiger partial charge in [0.05, 0.1) is 5.52 Å². The monoisotopic (exact) mass is 318 g/mol. The average molecular weight is 318 g/mol. The van der Waals surface area contributed by atoms with Crippen molar-refractivity contribution in [3.63, 3.8) is 0 Å². The van der Waals surface area contributed by atoms with Crippen molar-refractivity contribution in [3.8, 4) is 0 Å². The first kappa shape index (κ1) is 18.7. The van der Waals surface area contributed by atoms with Crippen molar-refractivity contribution >= 4 is 28.7 Å². The molecule has 0 radical (unpaired) electrons. The number of hydrogen-bond acceptors (Lipinski definition) is 3.